The molecule has 180 valence electrons. The third kappa shape index (κ3) is 5.93. The van der Waals surface area contributed by atoms with E-state index in [4.69, 9.17) is 0 Å². The summed E-state index contributed by atoms with van der Waals surface area (Å²) in [5, 5.41) is 5.33. The second-order valence-corrected chi connectivity index (χ2v) is 12.2. The van der Waals surface area contributed by atoms with Crippen molar-refractivity contribution in [1.82, 2.24) is 4.31 Å². The predicted molar refractivity (Wildman–Crippen MR) is 130 cm³/mol. The summed E-state index contributed by atoms with van der Waals surface area (Å²) in [5.41, 5.74) is 1.02. The fraction of sp³-hybridized carbons (Fsp3) is 0.435. The summed E-state index contributed by atoms with van der Waals surface area (Å²) < 4.78 is 52.1. The van der Waals surface area contributed by atoms with Gasteiger partial charge >= 0.3 is 0 Å². The highest BCUT2D eigenvalue weighted by Crippen LogP contribution is 2.30. The number of benzene rings is 2. The number of nitrogens with one attached hydrogen (secondary N) is 2. The number of anilines is 2. The first kappa shape index (κ1) is 25.2. The molecule has 2 aromatic rings. The molecule has 2 aromatic carbocycles. The molecule has 0 bridgehead atoms. The summed E-state index contributed by atoms with van der Waals surface area (Å²) in [6.07, 6.45) is 3.25. The third-order valence-corrected chi connectivity index (χ3v) is 10.2. The van der Waals surface area contributed by atoms with E-state index in [0.29, 0.717) is 37.3 Å². The predicted octanol–water partition coefficient (Wildman–Crippen LogP) is 3.48. The van der Waals surface area contributed by atoms with Crippen LogP contribution in [-0.2, 0) is 24.7 Å². The van der Waals surface area contributed by atoms with Crippen molar-refractivity contribution in [2.75, 3.05) is 30.3 Å². The Morgan fingerprint density at radius 3 is 2.15 bits per heavy atom. The molecule has 0 unspecified atom stereocenters. The van der Waals surface area contributed by atoms with E-state index in [0.717, 1.165) is 12.8 Å². The maximum Gasteiger partial charge on any atom is 0.243 e. The molecule has 8 nitrogen and oxygen atoms in total. The van der Waals surface area contributed by atoms with Crippen molar-refractivity contribution in [3.8, 4) is 0 Å². The minimum absolute atomic E-state index is 0.0631. The fourth-order valence-corrected chi connectivity index (χ4v) is 7.34. The van der Waals surface area contributed by atoms with E-state index < -0.39 is 19.9 Å². The Morgan fingerprint density at radius 2 is 1.55 bits per heavy atom. The van der Waals surface area contributed by atoms with Gasteiger partial charge in [0.15, 0.2) is 9.84 Å². The van der Waals surface area contributed by atoms with Crippen LogP contribution in [0.2, 0.25) is 0 Å². The zero-order chi connectivity index (χ0) is 24.1. The number of amides is 1. The summed E-state index contributed by atoms with van der Waals surface area (Å²) in [6, 6.07) is 12.6. The first-order valence-electron chi connectivity index (χ1n) is 11.2. The van der Waals surface area contributed by atoms with Gasteiger partial charge in [0.1, 0.15) is 0 Å². The van der Waals surface area contributed by atoms with Crippen LogP contribution in [-0.4, -0.2) is 51.9 Å². The molecule has 1 saturated carbocycles. The van der Waals surface area contributed by atoms with E-state index in [1.807, 2.05) is 0 Å². The molecule has 0 atom stereocenters. The number of carbonyl (C=O) groups is 1. The summed E-state index contributed by atoms with van der Waals surface area (Å²) >= 11 is 0. The van der Waals surface area contributed by atoms with Crippen molar-refractivity contribution in [3.05, 3.63) is 48.5 Å². The highest BCUT2D eigenvalue weighted by atomic mass is 32.2. The van der Waals surface area contributed by atoms with Gasteiger partial charge in [-0.2, -0.15) is 4.31 Å². The van der Waals surface area contributed by atoms with Crippen LogP contribution in [0, 0.1) is 0 Å². The van der Waals surface area contributed by atoms with E-state index in [1.165, 1.54) is 16.4 Å². The molecule has 0 heterocycles. The van der Waals surface area contributed by atoms with Crippen molar-refractivity contribution < 1.29 is 21.6 Å². The molecule has 1 aliphatic rings. The van der Waals surface area contributed by atoms with Crippen molar-refractivity contribution in [1.29, 1.82) is 0 Å². The lowest BCUT2D eigenvalue weighted by atomic mass is 10.3. The fourth-order valence-electron chi connectivity index (χ4n) is 3.98. The van der Waals surface area contributed by atoms with Crippen LogP contribution in [0.25, 0.3) is 0 Å². The first-order valence-corrected chi connectivity index (χ1v) is 14.1. The van der Waals surface area contributed by atoms with Gasteiger partial charge in [-0.3, -0.25) is 4.79 Å². The van der Waals surface area contributed by atoms with Crippen LogP contribution >= 0.6 is 0 Å². The van der Waals surface area contributed by atoms with Crippen LogP contribution < -0.4 is 10.6 Å². The normalized spacial score (nSPS) is 15.0. The molecular formula is C23H31N3O5S2. The number of carbonyl (C=O) groups excluding carboxylic acids is 1. The molecule has 1 aliphatic carbocycles. The van der Waals surface area contributed by atoms with Gasteiger partial charge in [0.25, 0.3) is 0 Å². The van der Waals surface area contributed by atoms with E-state index >= 15 is 0 Å². The summed E-state index contributed by atoms with van der Waals surface area (Å²) in [5.74, 6) is -0.335. The number of hydrogen-bond acceptors (Lipinski definition) is 6. The van der Waals surface area contributed by atoms with Crippen LogP contribution in [0.5, 0.6) is 0 Å². The zero-order valence-electron chi connectivity index (χ0n) is 19.0. The second kappa shape index (κ2) is 10.7. The van der Waals surface area contributed by atoms with Gasteiger partial charge in [0.05, 0.1) is 21.6 Å². The standard InChI is InChI=1S/C23H31N3O5S2/c1-3-26(4-2)33(30,31)21-14-12-18(13-15-21)25-23(27)17-24-19-8-7-11-22(16-19)32(28,29)20-9-5-6-10-20/h7-8,11-16,20,24H,3-6,9-10,17H2,1-2H3,(H,25,27). The number of hydrogen-bond donors (Lipinski definition) is 2. The lowest BCUT2D eigenvalue weighted by molar-refractivity contribution is -0.114. The van der Waals surface area contributed by atoms with Gasteiger partial charge in [0.2, 0.25) is 15.9 Å². The highest BCUT2D eigenvalue weighted by molar-refractivity contribution is 7.92. The van der Waals surface area contributed by atoms with Crippen LogP contribution in [0.1, 0.15) is 39.5 Å². The molecule has 0 aromatic heterocycles. The van der Waals surface area contributed by atoms with Crippen LogP contribution in [0.15, 0.2) is 58.3 Å². The Hall–Kier alpha value is -2.43. The second-order valence-electron chi connectivity index (χ2n) is 7.99. The maximum atomic E-state index is 12.8. The average Bonchev–Trinajstić information content (AvgIpc) is 3.35. The van der Waals surface area contributed by atoms with E-state index in [1.54, 1.807) is 50.2 Å². The van der Waals surface area contributed by atoms with E-state index in [-0.39, 0.29) is 27.5 Å². The first-order chi connectivity index (χ1) is 15.7. The summed E-state index contributed by atoms with van der Waals surface area (Å²) in [7, 11) is -6.92. The number of nitrogens with zero attached hydrogens (tertiary/aromatic N) is 1. The third-order valence-electron chi connectivity index (χ3n) is 5.84. The van der Waals surface area contributed by atoms with Gasteiger partial charge in [0, 0.05) is 24.5 Å². The molecule has 0 aliphatic heterocycles. The topological polar surface area (TPSA) is 113 Å². The van der Waals surface area contributed by atoms with Gasteiger partial charge in [-0.25, -0.2) is 16.8 Å². The molecule has 0 spiro atoms. The zero-order valence-corrected chi connectivity index (χ0v) is 20.6. The Labute approximate surface area is 196 Å². The Kier molecular flexibility index (Phi) is 8.14. The summed E-state index contributed by atoms with van der Waals surface area (Å²) in [4.78, 5) is 12.8. The minimum Gasteiger partial charge on any atom is -0.376 e. The van der Waals surface area contributed by atoms with Crippen molar-refractivity contribution in [2.45, 2.75) is 54.6 Å². The van der Waals surface area contributed by atoms with Gasteiger partial charge in [-0.1, -0.05) is 32.8 Å². The van der Waals surface area contributed by atoms with Crippen molar-refractivity contribution in [3.63, 3.8) is 0 Å². The Bertz CT molecular complexity index is 1170. The lowest BCUT2D eigenvalue weighted by Crippen LogP contribution is -2.30. The summed E-state index contributed by atoms with van der Waals surface area (Å²) in [6.45, 7) is 4.26. The molecule has 10 heteroatoms. The van der Waals surface area contributed by atoms with E-state index in [9.17, 15) is 21.6 Å². The minimum atomic E-state index is -3.56. The SMILES string of the molecule is CCN(CC)S(=O)(=O)c1ccc(NC(=O)CNc2cccc(S(=O)(=O)C3CCCC3)c2)cc1. The number of rotatable bonds is 10. The molecule has 33 heavy (non-hydrogen) atoms. The van der Waals surface area contributed by atoms with Crippen LogP contribution in [0.4, 0.5) is 11.4 Å². The monoisotopic (exact) mass is 493 g/mol. The van der Waals surface area contributed by atoms with Crippen molar-refractivity contribution >= 4 is 37.1 Å². The molecule has 3 rings (SSSR count). The molecule has 1 fully saturated rings. The van der Waals surface area contributed by atoms with Crippen LogP contribution in [0.3, 0.4) is 0 Å². The molecule has 0 radical (unpaired) electrons. The average molecular weight is 494 g/mol. The van der Waals surface area contributed by atoms with Crippen molar-refractivity contribution in [2.24, 2.45) is 0 Å². The molecule has 0 saturated heterocycles. The van der Waals surface area contributed by atoms with Gasteiger partial charge in [-0.15, -0.1) is 0 Å². The molecular weight excluding hydrogens is 462 g/mol. The smallest absolute Gasteiger partial charge is 0.243 e. The molecule has 1 amide bonds. The highest BCUT2D eigenvalue weighted by Gasteiger charge is 2.30. The maximum absolute atomic E-state index is 12.8. The largest absolute Gasteiger partial charge is 0.376 e. The quantitative estimate of drug-likeness (QED) is 0.524. The Morgan fingerprint density at radius 1 is 0.909 bits per heavy atom. The number of sulfone groups is 1. The lowest BCUT2D eigenvalue weighted by Gasteiger charge is -2.18. The van der Waals surface area contributed by atoms with Gasteiger partial charge in [-0.05, 0) is 55.3 Å². The van der Waals surface area contributed by atoms with E-state index in [2.05, 4.69) is 10.6 Å². The van der Waals surface area contributed by atoms with Gasteiger partial charge < -0.3 is 10.6 Å². The number of sulfonamides is 1. The molecule has 2 N–H and O–H groups in total. The Balaban J connectivity index is 1.60.